The Balaban J connectivity index is 1.80. The highest BCUT2D eigenvalue weighted by molar-refractivity contribution is 5.78. The Morgan fingerprint density at radius 3 is 2.23 bits per heavy atom. The van der Waals surface area contributed by atoms with Gasteiger partial charge in [-0.3, -0.25) is 9.78 Å². The highest BCUT2D eigenvalue weighted by Crippen LogP contribution is 2.50. The van der Waals surface area contributed by atoms with E-state index in [0.717, 1.165) is 37.3 Å². The molecule has 192 valence electrons. The van der Waals surface area contributed by atoms with Crippen molar-refractivity contribution < 1.29 is 4.79 Å². The van der Waals surface area contributed by atoms with Crippen molar-refractivity contribution in [2.75, 3.05) is 6.54 Å². The van der Waals surface area contributed by atoms with E-state index in [0.29, 0.717) is 18.4 Å². The van der Waals surface area contributed by atoms with Gasteiger partial charge in [-0.1, -0.05) is 90.8 Å². The molecule has 1 aromatic carbocycles. The minimum atomic E-state index is 0.0395. The van der Waals surface area contributed by atoms with Crippen LogP contribution in [0.2, 0.25) is 0 Å². The summed E-state index contributed by atoms with van der Waals surface area (Å²) in [5, 5.41) is 0. The van der Waals surface area contributed by atoms with Crippen LogP contribution in [0.1, 0.15) is 97.6 Å². The first-order valence-electron chi connectivity index (χ1n) is 13.9. The fourth-order valence-electron chi connectivity index (χ4n) is 5.97. The van der Waals surface area contributed by atoms with Crippen molar-refractivity contribution in [1.82, 2.24) is 9.88 Å². The largest absolute Gasteiger partial charge is 0.338 e. The number of aromatic nitrogens is 1. The van der Waals surface area contributed by atoms with Crippen molar-refractivity contribution >= 4 is 5.91 Å². The molecule has 0 aliphatic heterocycles. The first-order chi connectivity index (χ1) is 16.7. The maximum Gasteiger partial charge on any atom is 0.225 e. The van der Waals surface area contributed by atoms with Crippen LogP contribution < -0.4 is 0 Å². The molecule has 1 heterocycles. The smallest absolute Gasteiger partial charge is 0.225 e. The lowest BCUT2D eigenvalue weighted by molar-refractivity contribution is -0.139. The Hall–Kier alpha value is -2.16. The number of pyridine rings is 1. The summed E-state index contributed by atoms with van der Waals surface area (Å²) in [6.45, 7) is 15.1. The molecule has 1 amide bonds. The molecule has 0 N–H and O–H groups in total. The number of hydrogen-bond acceptors (Lipinski definition) is 2. The lowest BCUT2D eigenvalue weighted by atomic mass is 9.59. The Bertz CT molecular complexity index is 902. The Morgan fingerprint density at radius 1 is 0.971 bits per heavy atom. The molecule has 3 unspecified atom stereocenters. The van der Waals surface area contributed by atoms with Crippen molar-refractivity contribution in [1.29, 1.82) is 0 Å². The van der Waals surface area contributed by atoms with Crippen LogP contribution in [0.25, 0.3) is 0 Å². The molecular formula is C32H48N2O. The van der Waals surface area contributed by atoms with E-state index in [1.165, 1.54) is 31.2 Å². The zero-order valence-electron chi connectivity index (χ0n) is 23.1. The average molecular weight is 477 g/mol. The van der Waals surface area contributed by atoms with Crippen molar-refractivity contribution in [2.45, 2.75) is 98.4 Å². The van der Waals surface area contributed by atoms with Gasteiger partial charge in [0.15, 0.2) is 0 Å². The molecule has 2 aromatic rings. The molecule has 3 nitrogen and oxygen atoms in total. The summed E-state index contributed by atoms with van der Waals surface area (Å²) in [6, 6.07) is 15.3. The second kappa shape index (κ2) is 12.2. The predicted octanol–water partition coefficient (Wildman–Crippen LogP) is 8.05. The number of rotatable bonds is 11. The fraction of sp³-hybridized carbons (Fsp3) is 0.625. The van der Waals surface area contributed by atoms with E-state index in [4.69, 9.17) is 0 Å². The molecule has 35 heavy (non-hydrogen) atoms. The van der Waals surface area contributed by atoms with E-state index >= 15 is 0 Å². The van der Waals surface area contributed by atoms with Crippen molar-refractivity contribution in [2.24, 2.45) is 23.2 Å². The summed E-state index contributed by atoms with van der Waals surface area (Å²) in [5.41, 5.74) is 3.03. The van der Waals surface area contributed by atoms with E-state index in [9.17, 15) is 4.79 Å². The lowest BCUT2D eigenvalue weighted by Gasteiger charge is -2.48. The quantitative estimate of drug-likeness (QED) is 0.329. The van der Waals surface area contributed by atoms with Gasteiger partial charge in [-0.25, -0.2) is 0 Å². The van der Waals surface area contributed by atoms with E-state index in [1.807, 2.05) is 12.3 Å². The number of amides is 1. The molecule has 0 saturated heterocycles. The Morgan fingerprint density at radius 2 is 1.66 bits per heavy atom. The maximum atomic E-state index is 13.7. The zero-order valence-corrected chi connectivity index (χ0v) is 23.1. The van der Waals surface area contributed by atoms with Crippen LogP contribution in [-0.4, -0.2) is 22.3 Å². The van der Waals surface area contributed by atoms with E-state index < -0.39 is 0 Å². The van der Waals surface area contributed by atoms with Gasteiger partial charge in [0.1, 0.15) is 0 Å². The van der Waals surface area contributed by atoms with Gasteiger partial charge in [-0.05, 0) is 72.0 Å². The molecule has 0 spiro atoms. The normalized spacial score (nSPS) is 25.0. The first kappa shape index (κ1) is 27.4. The van der Waals surface area contributed by atoms with E-state index in [2.05, 4.69) is 87.8 Å². The van der Waals surface area contributed by atoms with Crippen LogP contribution >= 0.6 is 0 Å². The van der Waals surface area contributed by atoms with E-state index in [1.54, 1.807) is 6.20 Å². The Labute approximate surface area is 214 Å². The van der Waals surface area contributed by atoms with Gasteiger partial charge in [0, 0.05) is 31.4 Å². The monoisotopic (exact) mass is 476 g/mol. The van der Waals surface area contributed by atoms with Gasteiger partial charge in [-0.2, -0.15) is 0 Å². The van der Waals surface area contributed by atoms with Crippen LogP contribution in [0, 0.1) is 23.2 Å². The third kappa shape index (κ3) is 6.96. The van der Waals surface area contributed by atoms with Gasteiger partial charge in [0.05, 0.1) is 0 Å². The third-order valence-corrected chi connectivity index (χ3v) is 9.10. The van der Waals surface area contributed by atoms with Crippen LogP contribution in [0.3, 0.4) is 0 Å². The van der Waals surface area contributed by atoms with Gasteiger partial charge in [0.25, 0.3) is 0 Å². The van der Waals surface area contributed by atoms with Crippen molar-refractivity contribution in [3.05, 3.63) is 66.0 Å². The van der Waals surface area contributed by atoms with Crippen molar-refractivity contribution in [3.63, 3.8) is 0 Å². The molecule has 1 saturated carbocycles. The fourth-order valence-corrected chi connectivity index (χ4v) is 5.97. The summed E-state index contributed by atoms with van der Waals surface area (Å²) in [4.78, 5) is 20.2. The highest BCUT2D eigenvalue weighted by atomic mass is 16.2. The SMILES string of the molecule is CCC(C)CC1(c2ccccc2)CCC(C)(CN(Cc2cccnc2)C(=O)C(C)C(C)CC)CC1. The molecule has 1 aliphatic rings. The summed E-state index contributed by atoms with van der Waals surface area (Å²) < 4.78 is 0. The molecule has 0 bridgehead atoms. The van der Waals surface area contributed by atoms with Crippen LogP contribution in [-0.2, 0) is 16.8 Å². The first-order valence-corrected chi connectivity index (χ1v) is 13.9. The highest BCUT2D eigenvalue weighted by Gasteiger charge is 2.43. The van der Waals surface area contributed by atoms with Crippen molar-refractivity contribution in [3.8, 4) is 0 Å². The number of nitrogens with zero attached hydrogens (tertiary/aromatic N) is 2. The average Bonchev–Trinajstić information content (AvgIpc) is 2.89. The van der Waals surface area contributed by atoms with Crippen LogP contribution in [0.5, 0.6) is 0 Å². The minimum absolute atomic E-state index is 0.0395. The number of hydrogen-bond donors (Lipinski definition) is 0. The topological polar surface area (TPSA) is 33.2 Å². The number of carbonyl (C=O) groups excluding carboxylic acids is 1. The Kier molecular flexibility index (Phi) is 9.55. The summed E-state index contributed by atoms with van der Waals surface area (Å²) >= 11 is 0. The van der Waals surface area contributed by atoms with Crippen LogP contribution in [0.15, 0.2) is 54.9 Å². The molecule has 1 aromatic heterocycles. The van der Waals surface area contributed by atoms with Gasteiger partial charge in [-0.15, -0.1) is 0 Å². The molecule has 0 radical (unpaired) electrons. The number of carbonyl (C=O) groups is 1. The lowest BCUT2D eigenvalue weighted by Crippen LogP contribution is -2.46. The summed E-state index contributed by atoms with van der Waals surface area (Å²) in [6.07, 6.45) is 11.9. The van der Waals surface area contributed by atoms with Gasteiger partial charge < -0.3 is 4.90 Å². The van der Waals surface area contributed by atoms with Crippen LogP contribution in [0.4, 0.5) is 0 Å². The molecule has 1 aliphatic carbocycles. The van der Waals surface area contributed by atoms with Gasteiger partial charge in [0.2, 0.25) is 5.91 Å². The summed E-state index contributed by atoms with van der Waals surface area (Å²) in [5.74, 6) is 1.44. The molecular weight excluding hydrogens is 428 g/mol. The molecule has 3 atom stereocenters. The zero-order chi connectivity index (χ0) is 25.5. The third-order valence-electron chi connectivity index (χ3n) is 9.10. The minimum Gasteiger partial charge on any atom is -0.338 e. The molecule has 3 heteroatoms. The second-order valence-electron chi connectivity index (χ2n) is 11.9. The summed E-state index contributed by atoms with van der Waals surface area (Å²) in [7, 11) is 0. The van der Waals surface area contributed by atoms with Gasteiger partial charge >= 0.3 is 0 Å². The predicted molar refractivity (Wildman–Crippen MR) is 147 cm³/mol. The molecule has 3 rings (SSSR count). The molecule has 1 fully saturated rings. The number of benzene rings is 1. The second-order valence-corrected chi connectivity index (χ2v) is 11.9. The van der Waals surface area contributed by atoms with E-state index in [-0.39, 0.29) is 16.7 Å². The standard InChI is InChI=1S/C32H48N2O/c1-7-25(3)21-32(29-14-10-9-11-15-29)18-16-31(6,17-19-32)24-34(23-28-13-12-20-33-22-28)30(35)27(5)26(4)8-2/h9-15,20,22,25-27H,7-8,16-19,21,23-24H2,1-6H3. The maximum absolute atomic E-state index is 13.7.